The van der Waals surface area contributed by atoms with Crippen molar-refractivity contribution < 1.29 is 9.59 Å². The smallest absolute Gasteiger partial charge is 0.272 e. The second kappa shape index (κ2) is 8.81. The molecule has 0 atom stereocenters. The van der Waals surface area contributed by atoms with Crippen LogP contribution in [0.1, 0.15) is 21.7 Å². The number of rotatable bonds is 6. The Hall–Kier alpha value is -2.67. The molecule has 1 aliphatic heterocycles. The maximum Gasteiger partial charge on any atom is 0.272 e. The molecule has 27 heavy (non-hydrogen) atoms. The van der Waals surface area contributed by atoms with Gasteiger partial charge in [-0.1, -0.05) is 23.7 Å². The van der Waals surface area contributed by atoms with Gasteiger partial charge in [-0.25, -0.2) is 9.97 Å². The standard InChI is InChI=1S/C19H22ClN5O2/c1-14-12-17(18(27)25-10-8-24(13-26)9-11-25)23-19(22-14)21-7-6-15-2-4-16(20)5-3-15/h2-5,12-13H,6-11H2,1H3,(H,21,22,23). The van der Waals surface area contributed by atoms with Crippen LogP contribution in [0.3, 0.4) is 0 Å². The molecule has 8 heteroatoms. The average Bonchev–Trinajstić information content (AvgIpc) is 2.68. The number of amides is 2. The predicted octanol–water partition coefficient (Wildman–Crippen LogP) is 2.01. The highest BCUT2D eigenvalue weighted by atomic mass is 35.5. The Bertz CT molecular complexity index is 804. The van der Waals surface area contributed by atoms with Gasteiger partial charge < -0.3 is 15.1 Å². The normalized spacial score (nSPS) is 14.1. The van der Waals surface area contributed by atoms with E-state index in [1.807, 2.05) is 31.2 Å². The first kappa shape index (κ1) is 19.1. The van der Waals surface area contributed by atoms with Gasteiger partial charge in [-0.15, -0.1) is 0 Å². The van der Waals surface area contributed by atoms with Gasteiger partial charge in [-0.3, -0.25) is 9.59 Å². The van der Waals surface area contributed by atoms with Gasteiger partial charge >= 0.3 is 0 Å². The largest absolute Gasteiger partial charge is 0.354 e. The average molecular weight is 388 g/mol. The van der Waals surface area contributed by atoms with Gasteiger partial charge in [0.1, 0.15) is 5.69 Å². The summed E-state index contributed by atoms with van der Waals surface area (Å²) in [6.45, 7) is 4.61. The van der Waals surface area contributed by atoms with Gasteiger partial charge in [-0.2, -0.15) is 0 Å². The molecule has 0 bridgehead atoms. The monoisotopic (exact) mass is 387 g/mol. The number of benzene rings is 1. The number of aryl methyl sites for hydroxylation is 1. The first-order valence-electron chi connectivity index (χ1n) is 8.88. The van der Waals surface area contributed by atoms with Gasteiger partial charge in [0.05, 0.1) is 0 Å². The summed E-state index contributed by atoms with van der Waals surface area (Å²) < 4.78 is 0. The van der Waals surface area contributed by atoms with E-state index in [4.69, 9.17) is 11.6 Å². The third-order valence-electron chi connectivity index (χ3n) is 4.43. The fourth-order valence-corrected chi connectivity index (χ4v) is 3.05. The molecule has 0 unspecified atom stereocenters. The van der Waals surface area contributed by atoms with Crippen LogP contribution in [0.15, 0.2) is 30.3 Å². The van der Waals surface area contributed by atoms with Crippen LogP contribution in [0.5, 0.6) is 0 Å². The van der Waals surface area contributed by atoms with Gasteiger partial charge in [0.2, 0.25) is 12.4 Å². The number of hydrogen-bond donors (Lipinski definition) is 1. The van der Waals surface area contributed by atoms with E-state index < -0.39 is 0 Å². The van der Waals surface area contributed by atoms with Crippen molar-refractivity contribution >= 4 is 29.9 Å². The lowest BCUT2D eigenvalue weighted by Gasteiger charge is -2.32. The molecule has 142 valence electrons. The Morgan fingerprint density at radius 1 is 1.19 bits per heavy atom. The third kappa shape index (κ3) is 5.17. The number of anilines is 1. The van der Waals surface area contributed by atoms with Gasteiger partial charge in [-0.05, 0) is 37.1 Å². The number of halogens is 1. The summed E-state index contributed by atoms with van der Waals surface area (Å²) >= 11 is 5.90. The van der Waals surface area contributed by atoms with Crippen molar-refractivity contribution in [1.29, 1.82) is 0 Å². The fourth-order valence-electron chi connectivity index (χ4n) is 2.92. The van der Waals surface area contributed by atoms with Crippen molar-refractivity contribution in [2.45, 2.75) is 13.3 Å². The zero-order valence-corrected chi connectivity index (χ0v) is 15.9. The summed E-state index contributed by atoms with van der Waals surface area (Å²) in [6.07, 6.45) is 1.62. The highest BCUT2D eigenvalue weighted by Crippen LogP contribution is 2.12. The van der Waals surface area contributed by atoms with Gasteiger partial charge in [0.15, 0.2) is 0 Å². The summed E-state index contributed by atoms with van der Waals surface area (Å²) in [4.78, 5) is 35.6. The molecule has 1 N–H and O–H groups in total. The molecular formula is C19H22ClN5O2. The summed E-state index contributed by atoms with van der Waals surface area (Å²) in [5, 5.41) is 3.90. The Kier molecular flexibility index (Phi) is 6.24. The zero-order valence-electron chi connectivity index (χ0n) is 15.2. The first-order valence-corrected chi connectivity index (χ1v) is 9.25. The molecule has 1 saturated heterocycles. The second-order valence-electron chi connectivity index (χ2n) is 6.45. The molecular weight excluding hydrogens is 366 g/mol. The number of nitrogens with one attached hydrogen (secondary N) is 1. The summed E-state index contributed by atoms with van der Waals surface area (Å²) in [5.41, 5.74) is 2.26. The number of carbonyl (C=O) groups is 2. The van der Waals surface area contributed by atoms with Crippen molar-refractivity contribution in [2.24, 2.45) is 0 Å². The fraction of sp³-hybridized carbons (Fsp3) is 0.368. The predicted molar refractivity (Wildman–Crippen MR) is 104 cm³/mol. The SMILES string of the molecule is Cc1cc(C(=O)N2CCN(C=O)CC2)nc(NCCc2ccc(Cl)cc2)n1. The minimum atomic E-state index is -0.133. The van der Waals surface area contributed by atoms with E-state index in [-0.39, 0.29) is 5.91 Å². The van der Waals surface area contributed by atoms with Crippen LogP contribution in [0.25, 0.3) is 0 Å². The summed E-state index contributed by atoms with van der Waals surface area (Å²) in [7, 11) is 0. The second-order valence-corrected chi connectivity index (χ2v) is 6.89. The first-order chi connectivity index (χ1) is 13.0. The molecule has 2 amide bonds. The molecule has 3 rings (SSSR count). The highest BCUT2D eigenvalue weighted by molar-refractivity contribution is 6.30. The summed E-state index contributed by atoms with van der Waals surface area (Å²) in [5.74, 6) is 0.311. The minimum Gasteiger partial charge on any atom is -0.354 e. The van der Waals surface area contributed by atoms with Gasteiger partial charge in [0, 0.05) is 43.4 Å². The van der Waals surface area contributed by atoms with Crippen LogP contribution < -0.4 is 5.32 Å². The van der Waals surface area contributed by atoms with E-state index in [1.54, 1.807) is 15.9 Å². The number of aromatic nitrogens is 2. The topological polar surface area (TPSA) is 78.4 Å². The van der Waals surface area contributed by atoms with Gasteiger partial charge in [0.25, 0.3) is 5.91 Å². The molecule has 2 heterocycles. The molecule has 1 aromatic heterocycles. The van der Waals surface area contributed by atoms with E-state index in [9.17, 15) is 9.59 Å². The number of piperazine rings is 1. The van der Waals surface area contributed by atoms with Crippen molar-refractivity contribution in [3.8, 4) is 0 Å². The van der Waals surface area contributed by atoms with Crippen molar-refractivity contribution in [1.82, 2.24) is 19.8 Å². The molecule has 1 aromatic carbocycles. The quantitative estimate of drug-likeness (QED) is 0.767. The zero-order chi connectivity index (χ0) is 19.2. The van der Waals surface area contributed by atoms with E-state index in [0.717, 1.165) is 24.1 Å². The Morgan fingerprint density at radius 3 is 2.56 bits per heavy atom. The summed E-state index contributed by atoms with van der Waals surface area (Å²) in [6, 6.07) is 9.38. The molecule has 0 radical (unpaired) electrons. The van der Waals surface area contributed by atoms with Crippen LogP contribution in [0.2, 0.25) is 5.02 Å². The lowest BCUT2D eigenvalue weighted by atomic mass is 10.1. The Labute approximate surface area is 163 Å². The number of nitrogens with zero attached hydrogens (tertiary/aromatic N) is 4. The Balaban J connectivity index is 1.60. The minimum absolute atomic E-state index is 0.133. The van der Waals surface area contributed by atoms with Crippen molar-refractivity contribution in [3.05, 3.63) is 52.3 Å². The van der Waals surface area contributed by atoms with Crippen LogP contribution in [-0.2, 0) is 11.2 Å². The van der Waals surface area contributed by atoms with E-state index >= 15 is 0 Å². The number of hydrogen-bond acceptors (Lipinski definition) is 5. The molecule has 1 fully saturated rings. The van der Waals surface area contributed by atoms with Crippen molar-refractivity contribution in [2.75, 3.05) is 38.0 Å². The van der Waals surface area contributed by atoms with Crippen LogP contribution in [0, 0.1) is 6.92 Å². The lowest BCUT2D eigenvalue weighted by Crippen LogP contribution is -2.48. The highest BCUT2D eigenvalue weighted by Gasteiger charge is 2.23. The van der Waals surface area contributed by atoms with E-state index in [1.165, 1.54) is 0 Å². The third-order valence-corrected chi connectivity index (χ3v) is 4.69. The molecule has 1 aliphatic rings. The van der Waals surface area contributed by atoms with E-state index in [2.05, 4.69) is 15.3 Å². The molecule has 2 aromatic rings. The molecule has 0 saturated carbocycles. The lowest BCUT2D eigenvalue weighted by molar-refractivity contribution is -0.119. The molecule has 7 nitrogen and oxygen atoms in total. The Morgan fingerprint density at radius 2 is 1.89 bits per heavy atom. The van der Waals surface area contributed by atoms with Crippen LogP contribution >= 0.6 is 11.6 Å². The molecule has 0 aliphatic carbocycles. The maximum absolute atomic E-state index is 12.7. The van der Waals surface area contributed by atoms with Crippen molar-refractivity contribution in [3.63, 3.8) is 0 Å². The van der Waals surface area contributed by atoms with Crippen LogP contribution in [0.4, 0.5) is 5.95 Å². The van der Waals surface area contributed by atoms with Crippen LogP contribution in [-0.4, -0.2) is 64.8 Å². The maximum atomic E-state index is 12.7. The molecule has 0 spiro atoms. The number of carbonyl (C=O) groups excluding carboxylic acids is 2. The van der Waals surface area contributed by atoms with E-state index in [0.29, 0.717) is 49.4 Å².